The molecule has 3 aromatic carbocycles. The van der Waals surface area contributed by atoms with Gasteiger partial charge in [0.05, 0.1) is 22.8 Å². The third-order valence-electron chi connectivity index (χ3n) is 5.76. The van der Waals surface area contributed by atoms with Gasteiger partial charge in [0, 0.05) is 17.3 Å². The highest BCUT2D eigenvalue weighted by Gasteiger charge is 2.25. The summed E-state index contributed by atoms with van der Waals surface area (Å²) in [7, 11) is -3.75. The molecule has 196 valence electrons. The number of thiophene rings is 1. The van der Waals surface area contributed by atoms with Gasteiger partial charge in [-0.1, -0.05) is 36.4 Å². The van der Waals surface area contributed by atoms with Crippen LogP contribution in [0.4, 0.5) is 5.69 Å². The molecule has 10 heteroatoms. The first-order chi connectivity index (χ1) is 18.3. The minimum Gasteiger partial charge on any atom is -0.481 e. The molecule has 1 unspecified atom stereocenters. The molecule has 2 N–H and O–H groups in total. The molecule has 0 bridgehead atoms. The van der Waals surface area contributed by atoms with Crippen molar-refractivity contribution in [1.82, 2.24) is 5.43 Å². The van der Waals surface area contributed by atoms with Gasteiger partial charge in [0.25, 0.3) is 0 Å². The molecule has 38 heavy (non-hydrogen) atoms. The van der Waals surface area contributed by atoms with Crippen molar-refractivity contribution in [2.24, 2.45) is 0 Å². The zero-order valence-corrected chi connectivity index (χ0v) is 21.9. The minimum atomic E-state index is -3.75. The van der Waals surface area contributed by atoms with Crippen LogP contribution in [0, 0.1) is 0 Å². The molecule has 1 aromatic heterocycles. The SMILES string of the molecule is O=CN(NCc1cccs1)c1ccc(Oc2ccc(S(=O)(=O)CC(CC(=O)O)c3ccccc3)cc2)cc1. The third-order valence-corrected chi connectivity index (χ3v) is 8.46. The van der Waals surface area contributed by atoms with Crippen LogP contribution in [-0.4, -0.2) is 31.7 Å². The molecule has 0 aliphatic heterocycles. The average molecular weight is 551 g/mol. The molecule has 4 rings (SSSR count). The Morgan fingerprint density at radius 2 is 1.61 bits per heavy atom. The van der Waals surface area contributed by atoms with Crippen molar-refractivity contribution >= 4 is 39.2 Å². The third kappa shape index (κ3) is 7.28. The number of anilines is 1. The zero-order valence-electron chi connectivity index (χ0n) is 20.3. The Bertz CT molecular complexity index is 1440. The number of hydrogen-bond acceptors (Lipinski definition) is 7. The van der Waals surface area contributed by atoms with Gasteiger partial charge >= 0.3 is 5.97 Å². The molecule has 0 radical (unpaired) electrons. The molecule has 0 aliphatic carbocycles. The van der Waals surface area contributed by atoms with Crippen LogP contribution in [-0.2, 0) is 26.0 Å². The molecule has 1 atom stereocenters. The Labute approximate surface area is 225 Å². The Balaban J connectivity index is 1.40. The van der Waals surface area contributed by atoms with E-state index in [4.69, 9.17) is 4.74 Å². The summed E-state index contributed by atoms with van der Waals surface area (Å²) in [6, 6.07) is 25.6. The van der Waals surface area contributed by atoms with Gasteiger partial charge in [0.2, 0.25) is 6.41 Å². The summed E-state index contributed by atoms with van der Waals surface area (Å²) in [4.78, 5) is 24.0. The van der Waals surface area contributed by atoms with Gasteiger partial charge in [-0.15, -0.1) is 11.3 Å². The Hall–Kier alpha value is -3.99. The van der Waals surface area contributed by atoms with Crippen molar-refractivity contribution in [1.29, 1.82) is 0 Å². The fourth-order valence-corrected chi connectivity index (χ4v) is 6.08. The summed E-state index contributed by atoms with van der Waals surface area (Å²) < 4.78 is 31.9. The summed E-state index contributed by atoms with van der Waals surface area (Å²) >= 11 is 1.59. The van der Waals surface area contributed by atoms with Crippen molar-refractivity contribution in [3.63, 3.8) is 0 Å². The average Bonchev–Trinajstić information content (AvgIpc) is 3.44. The minimum absolute atomic E-state index is 0.0879. The Morgan fingerprint density at radius 3 is 2.18 bits per heavy atom. The highest BCUT2D eigenvalue weighted by molar-refractivity contribution is 7.91. The van der Waals surface area contributed by atoms with Crippen LogP contribution >= 0.6 is 11.3 Å². The second-order valence-electron chi connectivity index (χ2n) is 8.44. The number of benzene rings is 3. The largest absolute Gasteiger partial charge is 0.481 e. The maximum absolute atomic E-state index is 13.1. The lowest BCUT2D eigenvalue weighted by Gasteiger charge is -2.18. The number of nitrogens with one attached hydrogen (secondary N) is 1. The molecule has 0 spiro atoms. The highest BCUT2D eigenvalue weighted by atomic mass is 32.2. The fourth-order valence-electron chi connectivity index (χ4n) is 3.86. The topological polar surface area (TPSA) is 113 Å². The molecule has 0 aliphatic rings. The van der Waals surface area contributed by atoms with Crippen LogP contribution in [0.2, 0.25) is 0 Å². The van der Waals surface area contributed by atoms with Gasteiger partial charge in [-0.2, -0.15) is 0 Å². The number of carboxylic acid groups (broad SMARTS) is 1. The quantitative estimate of drug-likeness (QED) is 0.173. The van der Waals surface area contributed by atoms with Gasteiger partial charge in [0.1, 0.15) is 11.5 Å². The highest BCUT2D eigenvalue weighted by Crippen LogP contribution is 2.28. The lowest BCUT2D eigenvalue weighted by molar-refractivity contribution is -0.137. The first-order valence-electron chi connectivity index (χ1n) is 11.7. The molecule has 1 amide bonds. The van der Waals surface area contributed by atoms with Crippen molar-refractivity contribution < 1.29 is 27.9 Å². The van der Waals surface area contributed by atoms with Crippen molar-refractivity contribution in [2.75, 3.05) is 10.8 Å². The zero-order chi connectivity index (χ0) is 27.0. The number of carboxylic acids is 1. The number of nitrogens with zero attached hydrogens (tertiary/aromatic N) is 1. The van der Waals surface area contributed by atoms with Crippen LogP contribution < -0.4 is 15.2 Å². The number of carbonyl (C=O) groups excluding carboxylic acids is 1. The molecule has 1 heterocycles. The van der Waals surface area contributed by atoms with E-state index in [0.29, 0.717) is 35.7 Å². The standard InChI is InChI=1S/C28H26N2O6S2/c31-20-30(29-18-26-7-4-16-37-26)23-8-10-24(11-9-23)36-25-12-14-27(15-13-25)38(34,35)19-22(17-28(32)33)21-5-2-1-3-6-21/h1-16,20,22,29H,17-19H2,(H,32,33). The molecular formula is C28H26N2O6S2. The maximum Gasteiger partial charge on any atom is 0.303 e. The maximum atomic E-state index is 13.1. The number of rotatable bonds is 13. The predicted molar refractivity (Wildman–Crippen MR) is 146 cm³/mol. The van der Waals surface area contributed by atoms with Crippen molar-refractivity contribution in [3.05, 3.63) is 107 Å². The van der Waals surface area contributed by atoms with Crippen LogP contribution in [0.5, 0.6) is 11.5 Å². The van der Waals surface area contributed by atoms with E-state index < -0.39 is 21.7 Å². The van der Waals surface area contributed by atoms with Gasteiger partial charge in [-0.25, -0.2) is 18.9 Å². The number of amides is 1. The van der Waals surface area contributed by atoms with E-state index in [9.17, 15) is 23.1 Å². The van der Waals surface area contributed by atoms with E-state index in [1.165, 1.54) is 17.1 Å². The van der Waals surface area contributed by atoms with Gasteiger partial charge < -0.3 is 9.84 Å². The number of carbonyl (C=O) groups is 2. The van der Waals surface area contributed by atoms with E-state index in [1.54, 1.807) is 78.1 Å². The number of sulfone groups is 1. The second kappa shape index (κ2) is 12.5. The lowest BCUT2D eigenvalue weighted by atomic mass is 9.98. The van der Waals surface area contributed by atoms with E-state index in [-0.39, 0.29) is 17.1 Å². The van der Waals surface area contributed by atoms with Crippen LogP contribution in [0.15, 0.2) is 101 Å². The number of ether oxygens (including phenoxy) is 1. The van der Waals surface area contributed by atoms with E-state index in [2.05, 4.69) is 5.43 Å². The molecule has 8 nitrogen and oxygen atoms in total. The smallest absolute Gasteiger partial charge is 0.303 e. The summed E-state index contributed by atoms with van der Waals surface area (Å²) in [5.41, 5.74) is 4.36. The first kappa shape index (κ1) is 27.1. The van der Waals surface area contributed by atoms with E-state index >= 15 is 0 Å². The summed E-state index contributed by atoms with van der Waals surface area (Å²) in [6.45, 7) is 0.520. The first-order valence-corrected chi connectivity index (χ1v) is 14.2. The molecular weight excluding hydrogens is 524 g/mol. The number of hydrogen-bond donors (Lipinski definition) is 2. The monoisotopic (exact) mass is 550 g/mol. The summed E-state index contributed by atoms with van der Waals surface area (Å²) in [6.07, 6.45) is 0.410. The van der Waals surface area contributed by atoms with E-state index in [1.807, 2.05) is 17.5 Å². The Morgan fingerprint density at radius 1 is 0.947 bits per heavy atom. The van der Waals surface area contributed by atoms with Crippen molar-refractivity contribution in [3.8, 4) is 11.5 Å². The number of aliphatic carboxylic acids is 1. The van der Waals surface area contributed by atoms with Crippen LogP contribution in [0.3, 0.4) is 0 Å². The molecule has 0 saturated carbocycles. The van der Waals surface area contributed by atoms with Crippen LogP contribution in [0.25, 0.3) is 0 Å². The van der Waals surface area contributed by atoms with Crippen molar-refractivity contribution in [2.45, 2.75) is 23.8 Å². The van der Waals surface area contributed by atoms with Gasteiger partial charge in [0.15, 0.2) is 9.84 Å². The van der Waals surface area contributed by atoms with Gasteiger partial charge in [-0.3, -0.25) is 9.59 Å². The summed E-state index contributed by atoms with van der Waals surface area (Å²) in [5.74, 6) is -1.10. The van der Waals surface area contributed by atoms with Crippen LogP contribution in [0.1, 0.15) is 22.8 Å². The second-order valence-corrected chi connectivity index (χ2v) is 11.5. The normalized spacial score (nSPS) is 12.0. The molecule has 4 aromatic rings. The van der Waals surface area contributed by atoms with Gasteiger partial charge in [-0.05, 0) is 65.5 Å². The fraction of sp³-hybridized carbons (Fsp3) is 0.143. The number of hydrazine groups is 1. The summed E-state index contributed by atoms with van der Waals surface area (Å²) in [5, 5.41) is 12.6. The Kier molecular flexibility index (Phi) is 8.90. The van der Waals surface area contributed by atoms with E-state index in [0.717, 1.165) is 4.88 Å². The molecule has 0 fully saturated rings. The molecule has 0 saturated heterocycles. The lowest BCUT2D eigenvalue weighted by Crippen LogP contribution is -2.36. The predicted octanol–water partition coefficient (Wildman–Crippen LogP) is 5.24.